The van der Waals surface area contributed by atoms with Gasteiger partial charge < -0.3 is 18.9 Å². The number of aromatic nitrogens is 1. The molecular formula is C24H23Cl2NO5. The topological polar surface area (TPSA) is 66.9 Å². The first-order valence-corrected chi connectivity index (χ1v) is 10.8. The van der Waals surface area contributed by atoms with Gasteiger partial charge in [-0.1, -0.05) is 53.5 Å². The molecule has 0 bridgehead atoms. The number of carbonyl (C=O) groups excluding carboxylic acids is 1. The van der Waals surface area contributed by atoms with Gasteiger partial charge in [0, 0.05) is 12.6 Å². The number of halogens is 2. The van der Waals surface area contributed by atoms with Gasteiger partial charge in [-0.05, 0) is 42.8 Å². The summed E-state index contributed by atoms with van der Waals surface area (Å²) in [5.41, 5.74) is 1.11. The average molecular weight is 476 g/mol. The van der Waals surface area contributed by atoms with Gasteiger partial charge in [0.1, 0.15) is 16.5 Å². The first-order chi connectivity index (χ1) is 15.5. The molecule has 3 rings (SSSR count). The summed E-state index contributed by atoms with van der Waals surface area (Å²) in [5, 5.41) is 0.728. The van der Waals surface area contributed by atoms with E-state index >= 15 is 0 Å². The van der Waals surface area contributed by atoms with Crippen LogP contribution in [-0.4, -0.2) is 30.3 Å². The molecule has 32 heavy (non-hydrogen) atoms. The number of hydrogen-bond acceptors (Lipinski definition) is 6. The van der Waals surface area contributed by atoms with Crippen LogP contribution < -0.4 is 9.47 Å². The number of carbonyl (C=O) groups is 1. The van der Waals surface area contributed by atoms with Crippen molar-refractivity contribution >= 4 is 29.2 Å². The molecule has 0 saturated carbocycles. The van der Waals surface area contributed by atoms with Gasteiger partial charge >= 0.3 is 5.97 Å². The predicted molar refractivity (Wildman–Crippen MR) is 123 cm³/mol. The Kier molecular flexibility index (Phi) is 9.16. The van der Waals surface area contributed by atoms with E-state index in [1.54, 1.807) is 37.3 Å². The lowest BCUT2D eigenvalue weighted by molar-refractivity contribution is -0.151. The van der Waals surface area contributed by atoms with Crippen LogP contribution in [0.5, 0.6) is 17.4 Å². The normalized spacial score (nSPS) is 11.6. The van der Waals surface area contributed by atoms with E-state index in [0.717, 1.165) is 5.56 Å². The molecule has 1 unspecified atom stereocenters. The quantitative estimate of drug-likeness (QED) is 0.246. The Bertz CT molecular complexity index is 999. The third-order valence-electron chi connectivity index (χ3n) is 4.25. The predicted octanol–water partition coefficient (Wildman–Crippen LogP) is 6.10. The van der Waals surface area contributed by atoms with Crippen LogP contribution in [0.25, 0.3) is 0 Å². The largest absolute Gasteiger partial charge is 0.479 e. The molecule has 1 atom stereocenters. The van der Waals surface area contributed by atoms with Crippen LogP contribution in [-0.2, 0) is 20.9 Å². The van der Waals surface area contributed by atoms with Gasteiger partial charge in [-0.25, -0.2) is 9.78 Å². The summed E-state index contributed by atoms with van der Waals surface area (Å²) in [6.07, 6.45) is 1.31. The fourth-order valence-electron chi connectivity index (χ4n) is 2.64. The fraction of sp³-hybridized carbons (Fsp3) is 0.250. The highest BCUT2D eigenvalue weighted by Crippen LogP contribution is 2.30. The van der Waals surface area contributed by atoms with E-state index in [-0.39, 0.29) is 12.5 Å². The Hall–Kier alpha value is -2.80. The summed E-state index contributed by atoms with van der Waals surface area (Å²) >= 11 is 11.9. The van der Waals surface area contributed by atoms with Gasteiger partial charge in [-0.2, -0.15) is 0 Å². The highest BCUT2D eigenvalue weighted by molar-refractivity contribution is 6.35. The number of benzene rings is 2. The number of pyridine rings is 1. The molecule has 8 heteroatoms. The van der Waals surface area contributed by atoms with Crippen LogP contribution in [0.4, 0.5) is 0 Å². The molecule has 3 aromatic rings. The second-order valence-corrected chi connectivity index (χ2v) is 7.68. The Labute approximate surface area is 197 Å². The summed E-state index contributed by atoms with van der Waals surface area (Å²) < 4.78 is 22.1. The van der Waals surface area contributed by atoms with Crippen molar-refractivity contribution < 1.29 is 23.7 Å². The zero-order chi connectivity index (χ0) is 22.8. The molecule has 0 aliphatic carbocycles. The summed E-state index contributed by atoms with van der Waals surface area (Å²) in [5.74, 6) is 0.822. The average Bonchev–Trinajstić information content (AvgIpc) is 2.79. The SMILES string of the molecule is CC(Oc1ccc(Oc2ncc(Cl)cc2Cl)cc1)C(=O)OCCCOCc1ccccc1. The van der Waals surface area contributed by atoms with Crippen LogP contribution in [0.2, 0.25) is 10.0 Å². The van der Waals surface area contributed by atoms with E-state index in [4.69, 9.17) is 42.1 Å². The van der Waals surface area contributed by atoms with Gasteiger partial charge in [-0.3, -0.25) is 0 Å². The molecule has 0 aliphatic rings. The minimum absolute atomic E-state index is 0.245. The van der Waals surface area contributed by atoms with E-state index in [1.165, 1.54) is 6.20 Å². The van der Waals surface area contributed by atoms with Gasteiger partial charge in [0.05, 0.1) is 24.8 Å². The molecule has 6 nitrogen and oxygen atoms in total. The van der Waals surface area contributed by atoms with Crippen molar-refractivity contribution in [2.75, 3.05) is 13.2 Å². The van der Waals surface area contributed by atoms with E-state index < -0.39 is 12.1 Å². The maximum absolute atomic E-state index is 12.1. The van der Waals surface area contributed by atoms with Crippen molar-refractivity contribution in [3.8, 4) is 17.4 Å². The van der Waals surface area contributed by atoms with Crippen LogP contribution in [0.3, 0.4) is 0 Å². The van der Waals surface area contributed by atoms with Crippen LogP contribution in [0.1, 0.15) is 18.9 Å². The highest BCUT2D eigenvalue weighted by atomic mass is 35.5. The molecular weight excluding hydrogens is 453 g/mol. The van der Waals surface area contributed by atoms with Gasteiger partial charge in [0.25, 0.3) is 0 Å². The molecule has 0 saturated heterocycles. The summed E-state index contributed by atoms with van der Waals surface area (Å²) in [6.45, 7) is 2.94. The Balaban J connectivity index is 1.36. The third-order valence-corrected chi connectivity index (χ3v) is 4.72. The highest BCUT2D eigenvalue weighted by Gasteiger charge is 2.16. The zero-order valence-corrected chi connectivity index (χ0v) is 19.0. The molecule has 168 valence electrons. The fourth-order valence-corrected chi connectivity index (χ4v) is 3.06. The molecule has 0 aliphatic heterocycles. The van der Waals surface area contributed by atoms with Gasteiger partial charge in [0.2, 0.25) is 5.88 Å². The maximum Gasteiger partial charge on any atom is 0.347 e. The molecule has 1 aromatic heterocycles. The van der Waals surface area contributed by atoms with Crippen LogP contribution >= 0.6 is 23.2 Å². The number of ether oxygens (including phenoxy) is 4. The van der Waals surface area contributed by atoms with E-state index in [9.17, 15) is 4.79 Å². The number of nitrogens with zero attached hydrogens (tertiary/aromatic N) is 1. The van der Waals surface area contributed by atoms with E-state index in [2.05, 4.69) is 4.98 Å². The zero-order valence-electron chi connectivity index (χ0n) is 17.5. The first kappa shape index (κ1) is 23.9. The lowest BCUT2D eigenvalue weighted by Gasteiger charge is -2.14. The summed E-state index contributed by atoms with van der Waals surface area (Å²) in [7, 11) is 0. The van der Waals surface area contributed by atoms with Crippen molar-refractivity contribution in [2.24, 2.45) is 0 Å². The third kappa shape index (κ3) is 7.71. The summed E-state index contributed by atoms with van der Waals surface area (Å²) in [6, 6.07) is 18.2. The Morgan fingerprint density at radius 1 is 1.00 bits per heavy atom. The molecule has 0 radical (unpaired) electrons. The molecule has 0 fully saturated rings. The maximum atomic E-state index is 12.1. The Morgan fingerprint density at radius 3 is 2.44 bits per heavy atom. The minimum atomic E-state index is -0.751. The lowest BCUT2D eigenvalue weighted by Crippen LogP contribution is -2.26. The molecule has 0 N–H and O–H groups in total. The van der Waals surface area contributed by atoms with Crippen molar-refractivity contribution in [1.82, 2.24) is 4.98 Å². The number of esters is 1. The monoisotopic (exact) mass is 475 g/mol. The van der Waals surface area contributed by atoms with Gasteiger partial charge in [0.15, 0.2) is 6.10 Å². The molecule has 2 aromatic carbocycles. The Morgan fingerprint density at radius 2 is 1.72 bits per heavy atom. The minimum Gasteiger partial charge on any atom is -0.479 e. The summed E-state index contributed by atoms with van der Waals surface area (Å²) in [4.78, 5) is 16.2. The van der Waals surface area contributed by atoms with E-state index in [0.29, 0.717) is 41.2 Å². The second-order valence-electron chi connectivity index (χ2n) is 6.83. The van der Waals surface area contributed by atoms with E-state index in [1.807, 2.05) is 30.3 Å². The van der Waals surface area contributed by atoms with Crippen molar-refractivity contribution in [2.45, 2.75) is 26.1 Å². The van der Waals surface area contributed by atoms with Crippen LogP contribution in [0.15, 0.2) is 66.9 Å². The molecule has 1 heterocycles. The number of rotatable bonds is 11. The van der Waals surface area contributed by atoms with Crippen LogP contribution in [0, 0.1) is 0 Å². The molecule has 0 amide bonds. The standard InChI is InChI=1S/C24H23Cl2NO5/c1-17(24(28)30-13-5-12-29-16-18-6-3-2-4-7-18)31-20-8-10-21(11-9-20)32-23-22(26)14-19(25)15-27-23/h2-4,6-11,14-15,17H,5,12-13,16H2,1H3. The lowest BCUT2D eigenvalue weighted by atomic mass is 10.2. The van der Waals surface area contributed by atoms with Crippen molar-refractivity contribution in [3.05, 3.63) is 82.5 Å². The van der Waals surface area contributed by atoms with Crippen molar-refractivity contribution in [1.29, 1.82) is 0 Å². The number of hydrogen-bond donors (Lipinski definition) is 0. The molecule has 0 spiro atoms. The van der Waals surface area contributed by atoms with Crippen molar-refractivity contribution in [3.63, 3.8) is 0 Å². The second kappa shape index (κ2) is 12.3. The first-order valence-electron chi connectivity index (χ1n) is 10.0. The van der Waals surface area contributed by atoms with Gasteiger partial charge in [-0.15, -0.1) is 0 Å². The smallest absolute Gasteiger partial charge is 0.347 e.